The Bertz CT molecular complexity index is 664. The topological polar surface area (TPSA) is 37.4 Å². The van der Waals surface area contributed by atoms with Crippen molar-refractivity contribution in [2.45, 2.75) is 33.4 Å². The van der Waals surface area contributed by atoms with Crippen molar-refractivity contribution >= 4 is 11.3 Å². The zero-order valence-electron chi connectivity index (χ0n) is 14.8. The van der Waals surface area contributed by atoms with E-state index in [1.807, 2.05) is 5.51 Å². The van der Waals surface area contributed by atoms with Gasteiger partial charge in [0.2, 0.25) is 0 Å². The van der Waals surface area contributed by atoms with Crippen LogP contribution in [-0.2, 0) is 13.1 Å². The van der Waals surface area contributed by atoms with Crippen molar-refractivity contribution in [1.29, 1.82) is 0 Å². The van der Waals surface area contributed by atoms with Gasteiger partial charge < -0.3 is 10.1 Å². The van der Waals surface area contributed by atoms with E-state index < -0.39 is 0 Å². The van der Waals surface area contributed by atoms with Gasteiger partial charge in [0.15, 0.2) is 0 Å². The summed E-state index contributed by atoms with van der Waals surface area (Å²) in [6.45, 7) is 9.53. The van der Waals surface area contributed by atoms with E-state index in [0.29, 0.717) is 0 Å². The molecule has 1 aromatic heterocycles. The zero-order chi connectivity index (χ0) is 16.9. The summed E-state index contributed by atoms with van der Waals surface area (Å²) < 4.78 is 5.49. The van der Waals surface area contributed by atoms with E-state index in [9.17, 15) is 0 Å². The summed E-state index contributed by atoms with van der Waals surface area (Å²) in [5.41, 5.74) is 5.61. The SMILES string of the molecule is COc1cc(CN(Cc2scnc2C)CC2CCNC2)ccc1C. The number of benzene rings is 1. The van der Waals surface area contributed by atoms with Crippen LogP contribution in [0.4, 0.5) is 0 Å². The highest BCUT2D eigenvalue weighted by atomic mass is 32.1. The predicted molar refractivity (Wildman–Crippen MR) is 99.7 cm³/mol. The smallest absolute Gasteiger partial charge is 0.122 e. The minimum absolute atomic E-state index is 0.741. The second kappa shape index (κ2) is 8.10. The first-order valence-corrected chi connectivity index (χ1v) is 9.49. The van der Waals surface area contributed by atoms with E-state index in [0.717, 1.165) is 50.1 Å². The van der Waals surface area contributed by atoms with Gasteiger partial charge in [-0.15, -0.1) is 11.3 Å². The van der Waals surface area contributed by atoms with Gasteiger partial charge in [-0.3, -0.25) is 4.90 Å². The second-order valence-corrected chi connectivity index (χ2v) is 7.63. The lowest BCUT2D eigenvalue weighted by molar-refractivity contribution is 0.222. The third-order valence-electron chi connectivity index (χ3n) is 4.77. The lowest BCUT2D eigenvalue weighted by Crippen LogP contribution is -2.30. The molecule has 0 bridgehead atoms. The maximum Gasteiger partial charge on any atom is 0.122 e. The van der Waals surface area contributed by atoms with Gasteiger partial charge in [-0.2, -0.15) is 0 Å². The predicted octanol–water partition coefficient (Wildman–Crippen LogP) is 3.38. The molecule has 0 saturated carbocycles. The monoisotopic (exact) mass is 345 g/mol. The minimum atomic E-state index is 0.741. The molecule has 4 nitrogen and oxygen atoms in total. The molecule has 0 amide bonds. The van der Waals surface area contributed by atoms with Crippen LogP contribution in [0.1, 0.15) is 28.1 Å². The fraction of sp³-hybridized carbons (Fsp3) is 0.526. The summed E-state index contributed by atoms with van der Waals surface area (Å²) >= 11 is 1.76. The Morgan fingerprint density at radius 3 is 2.88 bits per heavy atom. The number of hydrogen-bond acceptors (Lipinski definition) is 5. The molecular formula is C19H27N3OS. The van der Waals surface area contributed by atoms with Gasteiger partial charge >= 0.3 is 0 Å². The van der Waals surface area contributed by atoms with Crippen molar-refractivity contribution in [1.82, 2.24) is 15.2 Å². The number of nitrogens with zero attached hydrogens (tertiary/aromatic N) is 2. The largest absolute Gasteiger partial charge is 0.496 e. The summed E-state index contributed by atoms with van der Waals surface area (Å²) in [5, 5.41) is 3.48. The van der Waals surface area contributed by atoms with E-state index in [-0.39, 0.29) is 0 Å². The van der Waals surface area contributed by atoms with Gasteiger partial charge in [0, 0.05) is 24.5 Å². The molecule has 1 unspecified atom stereocenters. The number of aromatic nitrogens is 1. The van der Waals surface area contributed by atoms with E-state index in [2.05, 4.69) is 47.2 Å². The Balaban J connectivity index is 1.74. The average Bonchev–Trinajstić information content (AvgIpc) is 3.22. The number of rotatable bonds is 7. The lowest BCUT2D eigenvalue weighted by Gasteiger charge is -2.25. The highest BCUT2D eigenvalue weighted by Crippen LogP contribution is 2.23. The number of thiazole rings is 1. The van der Waals surface area contributed by atoms with Gasteiger partial charge in [-0.1, -0.05) is 12.1 Å². The van der Waals surface area contributed by atoms with Crippen LogP contribution in [0.2, 0.25) is 0 Å². The van der Waals surface area contributed by atoms with E-state index in [1.54, 1.807) is 18.4 Å². The number of aryl methyl sites for hydroxylation is 2. The fourth-order valence-corrected chi connectivity index (χ4v) is 4.14. The van der Waals surface area contributed by atoms with E-state index >= 15 is 0 Å². The van der Waals surface area contributed by atoms with Gasteiger partial charge in [-0.25, -0.2) is 4.98 Å². The molecule has 130 valence electrons. The molecule has 1 aromatic carbocycles. The Labute approximate surface area is 148 Å². The van der Waals surface area contributed by atoms with Gasteiger partial charge in [0.05, 0.1) is 18.3 Å². The summed E-state index contributed by atoms with van der Waals surface area (Å²) in [5.74, 6) is 1.72. The van der Waals surface area contributed by atoms with Crippen LogP contribution < -0.4 is 10.1 Å². The van der Waals surface area contributed by atoms with Gasteiger partial charge in [0.25, 0.3) is 0 Å². The summed E-state index contributed by atoms with van der Waals surface area (Å²) in [4.78, 5) is 8.34. The standard InChI is InChI=1S/C19H27N3OS/c1-14-4-5-16(8-18(14)23-3)10-22(11-17-6-7-20-9-17)12-19-15(2)21-13-24-19/h4-5,8,13,17,20H,6-7,9-12H2,1-3H3. The molecule has 1 saturated heterocycles. The highest BCUT2D eigenvalue weighted by Gasteiger charge is 2.20. The maximum absolute atomic E-state index is 5.49. The first-order valence-electron chi connectivity index (χ1n) is 8.61. The van der Waals surface area contributed by atoms with Crippen molar-refractivity contribution in [2.24, 2.45) is 5.92 Å². The second-order valence-electron chi connectivity index (χ2n) is 6.69. The quantitative estimate of drug-likeness (QED) is 0.835. The molecule has 2 heterocycles. The third kappa shape index (κ3) is 4.35. The zero-order valence-corrected chi connectivity index (χ0v) is 15.7. The molecule has 1 atom stereocenters. The van der Waals surface area contributed by atoms with Crippen molar-refractivity contribution in [2.75, 3.05) is 26.7 Å². The van der Waals surface area contributed by atoms with Crippen LogP contribution in [0.15, 0.2) is 23.7 Å². The maximum atomic E-state index is 5.49. The number of hydrogen-bond donors (Lipinski definition) is 1. The highest BCUT2D eigenvalue weighted by molar-refractivity contribution is 7.09. The van der Waals surface area contributed by atoms with Gasteiger partial charge in [0.1, 0.15) is 5.75 Å². The molecule has 1 N–H and O–H groups in total. The van der Waals surface area contributed by atoms with Crippen molar-refractivity contribution in [3.8, 4) is 5.75 Å². The average molecular weight is 346 g/mol. The number of ether oxygens (including phenoxy) is 1. The van der Waals surface area contributed by atoms with Crippen LogP contribution in [0.3, 0.4) is 0 Å². The number of methoxy groups -OCH3 is 1. The Hall–Kier alpha value is -1.43. The normalized spacial score (nSPS) is 17.6. The molecule has 3 rings (SSSR count). The molecule has 1 fully saturated rings. The first kappa shape index (κ1) is 17.4. The van der Waals surface area contributed by atoms with Crippen LogP contribution >= 0.6 is 11.3 Å². The van der Waals surface area contributed by atoms with Gasteiger partial charge in [-0.05, 0) is 56.5 Å². The molecule has 0 spiro atoms. The van der Waals surface area contributed by atoms with Crippen molar-refractivity contribution in [3.05, 3.63) is 45.4 Å². The Kier molecular flexibility index (Phi) is 5.87. The minimum Gasteiger partial charge on any atom is -0.496 e. The molecule has 1 aliphatic heterocycles. The molecule has 2 aromatic rings. The summed E-state index contributed by atoms with van der Waals surface area (Å²) in [7, 11) is 1.74. The third-order valence-corrected chi connectivity index (χ3v) is 5.69. The molecule has 0 aliphatic carbocycles. The first-order chi connectivity index (χ1) is 11.7. The molecule has 0 radical (unpaired) electrons. The Morgan fingerprint density at radius 2 is 2.21 bits per heavy atom. The summed E-state index contributed by atoms with van der Waals surface area (Å²) in [6.07, 6.45) is 1.27. The van der Waals surface area contributed by atoms with Crippen LogP contribution in [0.5, 0.6) is 5.75 Å². The van der Waals surface area contributed by atoms with Crippen molar-refractivity contribution in [3.63, 3.8) is 0 Å². The van der Waals surface area contributed by atoms with Crippen LogP contribution in [-0.4, -0.2) is 36.6 Å². The number of nitrogens with one attached hydrogen (secondary N) is 1. The lowest BCUT2D eigenvalue weighted by atomic mass is 10.1. The van der Waals surface area contributed by atoms with Crippen LogP contribution in [0.25, 0.3) is 0 Å². The Morgan fingerprint density at radius 1 is 1.33 bits per heavy atom. The van der Waals surface area contributed by atoms with E-state index in [4.69, 9.17) is 4.74 Å². The molecular weight excluding hydrogens is 318 g/mol. The van der Waals surface area contributed by atoms with E-state index in [1.165, 1.54) is 22.4 Å². The molecule has 24 heavy (non-hydrogen) atoms. The fourth-order valence-electron chi connectivity index (χ4n) is 3.32. The molecule has 1 aliphatic rings. The van der Waals surface area contributed by atoms with Crippen molar-refractivity contribution < 1.29 is 4.74 Å². The van der Waals surface area contributed by atoms with Crippen LogP contribution in [0, 0.1) is 19.8 Å². The summed E-state index contributed by atoms with van der Waals surface area (Å²) in [6, 6.07) is 6.55. The molecule has 5 heteroatoms.